The number of hydrogen-bond donors (Lipinski definition) is 0. The van der Waals surface area contributed by atoms with Crippen LogP contribution in [0.15, 0.2) is 237 Å². The predicted octanol–water partition coefficient (Wildman–Crippen LogP) is 15.7. The largest absolute Gasteiger partial charge is 0.494 e. The summed E-state index contributed by atoms with van der Waals surface area (Å²) in [5, 5.41) is 0. The molecule has 0 bridgehead atoms. The number of rotatable bonds is 9. The van der Waals surface area contributed by atoms with Crippen LogP contribution in [-0.2, 0) is 44.2 Å². The molecule has 16 rings (SSSR count). The van der Waals surface area contributed by atoms with E-state index < -0.39 is 71.2 Å². The first-order chi connectivity index (χ1) is 43.0. The maximum Gasteiger partial charge on any atom is 0.494 e. The minimum Gasteiger partial charge on any atom is -0.399 e. The summed E-state index contributed by atoms with van der Waals surface area (Å²) in [6.07, 6.45) is 0. The SMILES string of the molecule is CC1(C)OB(c2ccc(C3(c4cc(C5(c6ccc(B7OC(C)(C)C(C)(C)O7)cc6)c6ccccc6-c6ccccc65)cc(C5(c6ccc(B7OC(C)(C)C(C)(C)O7)cc6)c6ccccc6-c6ccccc65)c4)c4ccccc4-c4ccccc43)cc2)OC1(C)C. The van der Waals surface area contributed by atoms with Gasteiger partial charge in [0, 0.05) is 0 Å². The van der Waals surface area contributed by atoms with Gasteiger partial charge in [0.1, 0.15) is 0 Å². The van der Waals surface area contributed by atoms with Gasteiger partial charge in [-0.15, -0.1) is 0 Å². The van der Waals surface area contributed by atoms with Crippen molar-refractivity contribution in [2.24, 2.45) is 0 Å². The van der Waals surface area contributed by atoms with Crippen LogP contribution in [0.5, 0.6) is 0 Å². The Hall–Kier alpha value is -7.85. The van der Waals surface area contributed by atoms with Crippen LogP contribution < -0.4 is 16.4 Å². The molecule has 0 radical (unpaired) electrons. The third-order valence-corrected chi connectivity index (χ3v) is 22.7. The van der Waals surface area contributed by atoms with Gasteiger partial charge in [-0.25, -0.2) is 0 Å². The Morgan fingerprint density at radius 1 is 0.200 bits per heavy atom. The Morgan fingerprint density at radius 2 is 0.367 bits per heavy atom. The molecular formula is C81H75B3O6. The Morgan fingerprint density at radius 3 is 0.544 bits per heavy atom. The summed E-state index contributed by atoms with van der Waals surface area (Å²) >= 11 is 0. The molecule has 3 aliphatic carbocycles. The Kier molecular flexibility index (Phi) is 12.5. The van der Waals surface area contributed by atoms with E-state index in [2.05, 4.69) is 320 Å². The average Bonchev–Trinajstić information content (AvgIpc) is 1.46. The molecular weight excluding hydrogens is 1100 g/mol. The van der Waals surface area contributed by atoms with Gasteiger partial charge in [0.2, 0.25) is 0 Å². The molecule has 0 unspecified atom stereocenters. The van der Waals surface area contributed by atoms with E-state index in [9.17, 15) is 0 Å². The van der Waals surface area contributed by atoms with E-state index in [1.807, 2.05) is 0 Å². The van der Waals surface area contributed by atoms with Crippen LogP contribution in [0.1, 0.15) is 150 Å². The second-order valence-electron chi connectivity index (χ2n) is 29.0. The van der Waals surface area contributed by atoms with Gasteiger partial charge < -0.3 is 27.9 Å². The second-order valence-corrected chi connectivity index (χ2v) is 29.0. The zero-order valence-electron chi connectivity index (χ0n) is 53.7. The molecule has 9 heteroatoms. The Balaban J connectivity index is 1.03. The van der Waals surface area contributed by atoms with Gasteiger partial charge in [-0.3, -0.25) is 0 Å². The third kappa shape index (κ3) is 7.84. The monoisotopic (exact) mass is 1180 g/mol. The highest BCUT2D eigenvalue weighted by Crippen LogP contribution is 2.63. The van der Waals surface area contributed by atoms with Crippen LogP contribution in [-0.4, -0.2) is 55.0 Å². The highest BCUT2D eigenvalue weighted by molar-refractivity contribution is 6.63. The van der Waals surface area contributed by atoms with E-state index in [-0.39, 0.29) is 0 Å². The van der Waals surface area contributed by atoms with Gasteiger partial charge in [-0.05, 0) is 200 Å². The van der Waals surface area contributed by atoms with E-state index in [1.165, 1.54) is 66.8 Å². The summed E-state index contributed by atoms with van der Waals surface area (Å²) in [5.74, 6) is 0. The highest BCUT2D eigenvalue weighted by Gasteiger charge is 2.57. The molecule has 444 valence electrons. The topological polar surface area (TPSA) is 55.4 Å². The fraction of sp³-hybridized carbons (Fsp3) is 0.259. The predicted molar refractivity (Wildman–Crippen MR) is 366 cm³/mol. The minimum absolute atomic E-state index is 0.503. The van der Waals surface area contributed by atoms with E-state index in [0.717, 1.165) is 49.8 Å². The third-order valence-electron chi connectivity index (χ3n) is 22.7. The van der Waals surface area contributed by atoms with Crippen LogP contribution >= 0.6 is 0 Å². The molecule has 0 atom stereocenters. The molecule has 0 amide bonds. The van der Waals surface area contributed by atoms with Crippen LogP contribution in [0, 0.1) is 0 Å². The fourth-order valence-electron chi connectivity index (χ4n) is 16.0. The van der Waals surface area contributed by atoms with Gasteiger partial charge >= 0.3 is 21.4 Å². The van der Waals surface area contributed by atoms with Crippen LogP contribution in [0.25, 0.3) is 33.4 Å². The first-order valence-corrected chi connectivity index (χ1v) is 32.2. The standard InChI is InChI=1S/C81H75B3O6/c1-73(2)74(3,4)86-82(85-73)58-43-37-52(38-44-58)79(67-31-19-13-25-61(67)62-26-14-20-32-68(62)79)55-49-56(80(69-33-21-15-27-63(69)64-28-16-22-34-70(64)80)53-39-45-59(46-40-53)83-87-75(5,6)76(7,8)88-83)51-57(50-55)81(71-35-23-17-29-65(71)66-30-18-24-36-72(66)81)54-41-47-60(48-42-54)84-89-77(9,10)78(11,12)90-84/h13-51H,1-12H3. The zero-order chi connectivity index (χ0) is 62.2. The number of fused-ring (bicyclic) bond motifs is 9. The summed E-state index contributed by atoms with van der Waals surface area (Å²) in [4.78, 5) is 0. The van der Waals surface area contributed by atoms with Crippen LogP contribution in [0.4, 0.5) is 0 Å². The molecule has 3 aliphatic heterocycles. The van der Waals surface area contributed by atoms with E-state index in [4.69, 9.17) is 27.9 Å². The van der Waals surface area contributed by atoms with Crippen molar-refractivity contribution in [2.75, 3.05) is 0 Å². The lowest BCUT2D eigenvalue weighted by Gasteiger charge is -2.41. The molecule has 3 heterocycles. The molecule has 3 saturated heterocycles. The maximum atomic E-state index is 6.76. The molecule has 3 fully saturated rings. The lowest BCUT2D eigenvalue weighted by molar-refractivity contribution is 0.00578. The first kappa shape index (κ1) is 57.3. The van der Waals surface area contributed by atoms with Gasteiger partial charge in [-0.2, -0.15) is 0 Å². The Labute approximate surface area is 532 Å². The quantitative estimate of drug-likeness (QED) is 0.134. The van der Waals surface area contributed by atoms with Crippen molar-refractivity contribution in [2.45, 2.75) is 133 Å². The van der Waals surface area contributed by atoms with Gasteiger partial charge in [0.15, 0.2) is 0 Å². The van der Waals surface area contributed by atoms with E-state index in [0.29, 0.717) is 0 Å². The van der Waals surface area contributed by atoms with E-state index >= 15 is 0 Å². The molecule has 10 aromatic carbocycles. The molecule has 0 saturated carbocycles. The number of hydrogen-bond acceptors (Lipinski definition) is 6. The minimum atomic E-state index is -0.856. The van der Waals surface area contributed by atoms with Crippen molar-refractivity contribution in [1.82, 2.24) is 0 Å². The smallest absolute Gasteiger partial charge is 0.399 e. The lowest BCUT2D eigenvalue weighted by Crippen LogP contribution is -2.41. The normalized spacial score (nSPS) is 20.5. The van der Waals surface area contributed by atoms with Gasteiger partial charge in [0.05, 0.1) is 49.9 Å². The molecule has 10 aromatic rings. The molecule has 0 spiro atoms. The van der Waals surface area contributed by atoms with Crippen molar-refractivity contribution in [3.05, 3.63) is 303 Å². The van der Waals surface area contributed by atoms with Gasteiger partial charge in [-0.1, -0.05) is 237 Å². The van der Waals surface area contributed by atoms with Crippen molar-refractivity contribution < 1.29 is 27.9 Å². The molecule has 90 heavy (non-hydrogen) atoms. The van der Waals surface area contributed by atoms with Crippen molar-refractivity contribution in [1.29, 1.82) is 0 Å². The summed E-state index contributed by atoms with van der Waals surface area (Å²) in [6, 6.07) is 90.0. The fourth-order valence-corrected chi connectivity index (χ4v) is 16.0. The molecule has 6 aliphatic rings. The van der Waals surface area contributed by atoms with Crippen LogP contribution in [0.2, 0.25) is 0 Å². The highest BCUT2D eigenvalue weighted by atomic mass is 16.7. The summed E-state index contributed by atoms with van der Waals surface area (Å²) in [5.41, 5.74) is 18.8. The zero-order valence-corrected chi connectivity index (χ0v) is 53.7. The molecule has 0 N–H and O–H groups in total. The van der Waals surface area contributed by atoms with Crippen LogP contribution in [0.3, 0.4) is 0 Å². The van der Waals surface area contributed by atoms with Crippen molar-refractivity contribution in [3.63, 3.8) is 0 Å². The number of benzene rings is 10. The first-order valence-electron chi connectivity index (χ1n) is 32.2. The van der Waals surface area contributed by atoms with E-state index in [1.54, 1.807) is 0 Å². The van der Waals surface area contributed by atoms with Crippen molar-refractivity contribution >= 4 is 37.7 Å². The molecule has 6 nitrogen and oxygen atoms in total. The maximum absolute atomic E-state index is 6.76. The van der Waals surface area contributed by atoms with Crippen molar-refractivity contribution in [3.8, 4) is 33.4 Å². The van der Waals surface area contributed by atoms with Gasteiger partial charge in [0.25, 0.3) is 0 Å². The molecule has 0 aromatic heterocycles. The Bertz CT molecular complexity index is 3890. The summed E-state index contributed by atoms with van der Waals surface area (Å²) in [7, 11) is -1.60. The second kappa shape index (κ2) is 19.6. The lowest BCUT2D eigenvalue weighted by atomic mass is 9.60. The average molecular weight is 1180 g/mol. The summed E-state index contributed by atoms with van der Waals surface area (Å²) < 4.78 is 40.6. The summed E-state index contributed by atoms with van der Waals surface area (Å²) in [6.45, 7) is 25.5.